The maximum atomic E-state index is 12.6. The number of carbonyl (C=O) groups excluding carboxylic acids is 2. The first-order valence-electron chi connectivity index (χ1n) is 7.86. The Kier molecular flexibility index (Phi) is 7.50. The molecule has 0 aromatic rings. The van der Waals surface area contributed by atoms with E-state index in [2.05, 4.69) is 10.1 Å². The summed E-state index contributed by atoms with van der Waals surface area (Å²) in [6.45, 7) is 7.98. The Balaban J connectivity index is 0.00000141. The Bertz CT molecular complexity index is 348. The van der Waals surface area contributed by atoms with E-state index < -0.39 is 12.1 Å². The lowest BCUT2D eigenvalue weighted by Gasteiger charge is -2.29. The summed E-state index contributed by atoms with van der Waals surface area (Å²) in [4.78, 5) is 25.9. The van der Waals surface area contributed by atoms with Crippen LogP contribution in [0.2, 0.25) is 0 Å². The molecule has 6 heteroatoms. The Morgan fingerprint density at radius 3 is 2.57 bits per heavy atom. The van der Waals surface area contributed by atoms with Gasteiger partial charge in [0.25, 0.3) is 0 Å². The van der Waals surface area contributed by atoms with E-state index >= 15 is 0 Å². The number of likely N-dealkylation sites (tertiary alicyclic amines) is 1. The van der Waals surface area contributed by atoms with Crippen molar-refractivity contribution in [2.24, 2.45) is 5.92 Å². The lowest BCUT2D eigenvalue weighted by Crippen LogP contribution is -2.53. The van der Waals surface area contributed by atoms with E-state index in [1.807, 2.05) is 25.7 Å². The molecule has 2 rings (SSSR count). The molecular formula is C15H30N2O4. The molecule has 0 aromatic heterocycles. The highest BCUT2D eigenvalue weighted by molar-refractivity contribution is 5.86. The first-order valence-corrected chi connectivity index (χ1v) is 7.86. The van der Waals surface area contributed by atoms with Crippen molar-refractivity contribution in [3.05, 3.63) is 0 Å². The molecule has 6 nitrogen and oxygen atoms in total. The van der Waals surface area contributed by atoms with E-state index in [-0.39, 0.29) is 19.3 Å². The second kappa shape index (κ2) is 8.87. The average molecular weight is 302 g/mol. The molecule has 0 radical (unpaired) electrons. The topological polar surface area (TPSA) is 67.9 Å². The number of amides is 2. The quantitative estimate of drug-likeness (QED) is 0.866. The third-order valence-electron chi connectivity index (χ3n) is 4.00. The van der Waals surface area contributed by atoms with Crippen molar-refractivity contribution in [3.63, 3.8) is 0 Å². The van der Waals surface area contributed by atoms with E-state index in [4.69, 9.17) is 4.74 Å². The summed E-state index contributed by atoms with van der Waals surface area (Å²) in [7, 11) is 1.31. The first kappa shape index (κ1) is 17.8. The molecule has 2 saturated heterocycles. The molecule has 0 aromatic carbocycles. The van der Waals surface area contributed by atoms with Crippen molar-refractivity contribution >= 4 is 12.0 Å². The van der Waals surface area contributed by atoms with Crippen LogP contribution in [-0.4, -0.2) is 55.9 Å². The summed E-state index contributed by atoms with van der Waals surface area (Å²) < 4.78 is 9.95. The fourth-order valence-corrected chi connectivity index (χ4v) is 2.82. The molecule has 0 bridgehead atoms. The van der Waals surface area contributed by atoms with Gasteiger partial charge in [-0.1, -0.05) is 13.8 Å². The van der Waals surface area contributed by atoms with Gasteiger partial charge in [-0.15, -0.1) is 0 Å². The van der Waals surface area contributed by atoms with Gasteiger partial charge >= 0.3 is 6.09 Å². The smallest absolute Gasteiger partial charge is 0.407 e. The van der Waals surface area contributed by atoms with E-state index in [0.29, 0.717) is 13.2 Å². The monoisotopic (exact) mass is 302 g/mol. The van der Waals surface area contributed by atoms with Crippen molar-refractivity contribution in [3.8, 4) is 0 Å². The predicted molar refractivity (Wildman–Crippen MR) is 82.1 cm³/mol. The zero-order chi connectivity index (χ0) is 15.8. The van der Waals surface area contributed by atoms with E-state index in [0.717, 1.165) is 25.8 Å². The molecule has 0 saturated carbocycles. The summed E-state index contributed by atoms with van der Waals surface area (Å²) in [6, 6.07) is -0.285. The second-order valence-corrected chi connectivity index (χ2v) is 5.26. The van der Waals surface area contributed by atoms with Gasteiger partial charge in [0.2, 0.25) is 5.91 Å². The summed E-state index contributed by atoms with van der Waals surface area (Å²) in [5.41, 5.74) is 0. The lowest BCUT2D eigenvalue weighted by molar-refractivity contribution is -0.135. The lowest BCUT2D eigenvalue weighted by atomic mass is 9.97. The molecule has 2 aliphatic rings. The van der Waals surface area contributed by atoms with Crippen molar-refractivity contribution in [1.82, 2.24) is 10.2 Å². The van der Waals surface area contributed by atoms with Gasteiger partial charge in [-0.3, -0.25) is 4.79 Å². The molecule has 2 amide bonds. The second-order valence-electron chi connectivity index (χ2n) is 5.26. The van der Waals surface area contributed by atoms with Crippen LogP contribution in [-0.2, 0) is 14.3 Å². The molecule has 2 heterocycles. The Morgan fingerprint density at radius 1 is 1.38 bits per heavy atom. The molecule has 3 unspecified atom stereocenters. The number of nitrogens with one attached hydrogen (secondary N) is 1. The zero-order valence-corrected chi connectivity index (χ0v) is 13.6. The minimum atomic E-state index is -0.558. The molecule has 1 N–H and O–H groups in total. The van der Waals surface area contributed by atoms with Gasteiger partial charge in [0.1, 0.15) is 6.04 Å². The van der Waals surface area contributed by atoms with Crippen molar-refractivity contribution < 1.29 is 20.5 Å². The van der Waals surface area contributed by atoms with Crippen molar-refractivity contribution in [2.75, 3.05) is 26.9 Å². The van der Waals surface area contributed by atoms with Crippen LogP contribution < -0.4 is 5.32 Å². The zero-order valence-electron chi connectivity index (χ0n) is 13.6. The van der Waals surface area contributed by atoms with Gasteiger partial charge in [-0.2, -0.15) is 0 Å². The van der Waals surface area contributed by atoms with Crippen LogP contribution in [0.5, 0.6) is 0 Å². The van der Waals surface area contributed by atoms with Crippen LogP contribution in [0.4, 0.5) is 4.79 Å². The van der Waals surface area contributed by atoms with Crippen LogP contribution >= 0.6 is 0 Å². The molecule has 3 atom stereocenters. The number of hydrogen-bond donors (Lipinski definition) is 1. The van der Waals surface area contributed by atoms with Gasteiger partial charge in [0.15, 0.2) is 0 Å². The SMILES string of the molecule is CC.COC(=O)NC(C(=O)N1CCCC1C)C1CCOC1.[HH]. The highest BCUT2D eigenvalue weighted by atomic mass is 16.5. The van der Waals surface area contributed by atoms with Gasteiger partial charge in [0.05, 0.1) is 13.7 Å². The number of carbonyl (C=O) groups is 2. The van der Waals surface area contributed by atoms with Crippen LogP contribution in [0.15, 0.2) is 0 Å². The number of nitrogens with zero attached hydrogens (tertiary/aromatic N) is 1. The average Bonchev–Trinajstić information content (AvgIpc) is 3.17. The van der Waals surface area contributed by atoms with Crippen LogP contribution in [0.3, 0.4) is 0 Å². The van der Waals surface area contributed by atoms with Crippen LogP contribution in [0.25, 0.3) is 0 Å². The van der Waals surface area contributed by atoms with Crippen molar-refractivity contribution in [2.45, 2.75) is 52.1 Å². The predicted octanol–water partition coefficient (Wildman–Crippen LogP) is 2.03. The van der Waals surface area contributed by atoms with E-state index in [1.165, 1.54) is 7.11 Å². The fourth-order valence-electron chi connectivity index (χ4n) is 2.82. The first-order chi connectivity index (χ1) is 10.1. The minimum absolute atomic E-state index is 0. The number of methoxy groups -OCH3 is 1. The van der Waals surface area contributed by atoms with Crippen LogP contribution in [0, 0.1) is 5.92 Å². The van der Waals surface area contributed by atoms with Gasteiger partial charge < -0.3 is 19.7 Å². The normalized spacial score (nSPS) is 25.8. The molecule has 0 aliphatic carbocycles. The third-order valence-corrected chi connectivity index (χ3v) is 4.00. The maximum absolute atomic E-state index is 12.6. The minimum Gasteiger partial charge on any atom is -0.453 e. The molecule has 2 aliphatic heterocycles. The van der Waals surface area contributed by atoms with Crippen LogP contribution in [0.1, 0.15) is 41.5 Å². The largest absolute Gasteiger partial charge is 0.453 e. The Hall–Kier alpha value is -1.30. The number of alkyl carbamates (subject to hydrolysis) is 1. The van der Waals surface area contributed by atoms with Crippen molar-refractivity contribution in [1.29, 1.82) is 0 Å². The summed E-state index contributed by atoms with van der Waals surface area (Å²) in [5.74, 6) is 0.0327. The molecule has 2 fully saturated rings. The van der Waals surface area contributed by atoms with Gasteiger partial charge in [-0.25, -0.2) is 4.79 Å². The number of rotatable bonds is 3. The van der Waals surface area contributed by atoms with E-state index in [1.54, 1.807) is 0 Å². The molecule has 21 heavy (non-hydrogen) atoms. The maximum Gasteiger partial charge on any atom is 0.407 e. The Labute approximate surface area is 128 Å². The standard InChI is InChI=1S/C13H22N2O4.C2H6.H2/c1-9-4-3-6-15(9)12(16)11(14-13(17)18-2)10-5-7-19-8-10;1-2;/h9-11H,3-8H2,1-2H3,(H,14,17);1-2H3;1H. The van der Waals surface area contributed by atoms with Gasteiger partial charge in [0, 0.05) is 26.5 Å². The van der Waals surface area contributed by atoms with Gasteiger partial charge in [-0.05, 0) is 26.2 Å². The molecular weight excluding hydrogens is 272 g/mol. The molecule has 124 valence electrons. The highest BCUT2D eigenvalue weighted by Gasteiger charge is 2.38. The molecule has 0 spiro atoms. The summed E-state index contributed by atoms with van der Waals surface area (Å²) >= 11 is 0. The summed E-state index contributed by atoms with van der Waals surface area (Å²) in [6.07, 6.45) is 2.29. The van der Waals surface area contributed by atoms with E-state index in [9.17, 15) is 9.59 Å². The third kappa shape index (κ3) is 4.59. The highest BCUT2D eigenvalue weighted by Crippen LogP contribution is 2.23. The summed E-state index contributed by atoms with van der Waals surface area (Å²) in [5, 5.41) is 2.67. The number of hydrogen-bond acceptors (Lipinski definition) is 4. The Morgan fingerprint density at radius 2 is 2.10 bits per heavy atom. The number of ether oxygens (including phenoxy) is 2. The fraction of sp³-hybridized carbons (Fsp3) is 0.867.